The molecule has 0 atom stereocenters. The number of hydrogen-bond acceptors (Lipinski definition) is 5. The zero-order chi connectivity index (χ0) is 15.4. The molecule has 0 saturated carbocycles. The summed E-state index contributed by atoms with van der Waals surface area (Å²) in [5.41, 5.74) is 4.48. The van der Waals surface area contributed by atoms with Gasteiger partial charge in [-0.15, -0.1) is 0 Å². The van der Waals surface area contributed by atoms with E-state index in [4.69, 9.17) is 5.11 Å². The maximum atomic E-state index is 11.7. The van der Waals surface area contributed by atoms with Gasteiger partial charge in [-0.3, -0.25) is 9.48 Å². The van der Waals surface area contributed by atoms with Crippen molar-refractivity contribution in [1.29, 1.82) is 0 Å². The number of benzene rings is 1. The van der Waals surface area contributed by atoms with Gasteiger partial charge < -0.3 is 10.2 Å². The highest BCUT2D eigenvalue weighted by molar-refractivity contribution is 5.85. The molecule has 1 amide bonds. The average Bonchev–Trinajstić information content (AvgIpc) is 2.70. The third kappa shape index (κ3) is 3.82. The third-order valence-corrected chi connectivity index (χ3v) is 2.80. The van der Waals surface area contributed by atoms with Crippen molar-refractivity contribution in [3.8, 4) is 11.5 Å². The van der Waals surface area contributed by atoms with Crippen LogP contribution in [0.3, 0.4) is 0 Å². The summed E-state index contributed by atoms with van der Waals surface area (Å²) in [6.45, 7) is 3.79. The first-order chi connectivity index (χ1) is 9.95. The molecule has 0 saturated heterocycles. The molecule has 0 fully saturated rings. The van der Waals surface area contributed by atoms with Crippen molar-refractivity contribution in [3.05, 3.63) is 41.2 Å². The second kappa shape index (κ2) is 6.08. The Balaban J connectivity index is 1.94. The van der Waals surface area contributed by atoms with Gasteiger partial charge in [0, 0.05) is 17.3 Å². The summed E-state index contributed by atoms with van der Waals surface area (Å²) in [6, 6.07) is 5.98. The Kier molecular flexibility index (Phi) is 4.22. The quantitative estimate of drug-likeness (QED) is 0.578. The molecule has 0 aliphatic carbocycles. The topological polar surface area (TPSA) is 99.7 Å². The van der Waals surface area contributed by atoms with E-state index in [9.17, 15) is 9.90 Å². The minimum atomic E-state index is -0.323. The van der Waals surface area contributed by atoms with E-state index >= 15 is 0 Å². The summed E-state index contributed by atoms with van der Waals surface area (Å²) in [4.78, 5) is 11.7. The predicted octanol–water partition coefficient (Wildman–Crippen LogP) is 1.06. The molecular formula is C14H16N4O3. The van der Waals surface area contributed by atoms with Gasteiger partial charge in [0.15, 0.2) is 0 Å². The van der Waals surface area contributed by atoms with Gasteiger partial charge in [0.05, 0.1) is 11.9 Å². The zero-order valence-corrected chi connectivity index (χ0v) is 11.7. The van der Waals surface area contributed by atoms with Gasteiger partial charge in [-0.2, -0.15) is 10.2 Å². The molecule has 1 aromatic carbocycles. The minimum Gasteiger partial charge on any atom is -0.508 e. The second-order valence-corrected chi connectivity index (χ2v) is 4.62. The van der Waals surface area contributed by atoms with Crippen LogP contribution in [-0.4, -0.2) is 32.1 Å². The molecule has 110 valence electrons. The van der Waals surface area contributed by atoms with Crippen LogP contribution in [-0.2, 0) is 11.3 Å². The number of aromatic nitrogens is 2. The molecule has 21 heavy (non-hydrogen) atoms. The Labute approximate surface area is 121 Å². The number of phenolic OH excluding ortho intramolecular Hbond substituents is 2. The minimum absolute atomic E-state index is 0.0433. The van der Waals surface area contributed by atoms with Gasteiger partial charge in [0.2, 0.25) is 0 Å². The van der Waals surface area contributed by atoms with E-state index in [1.807, 2.05) is 19.9 Å². The van der Waals surface area contributed by atoms with E-state index < -0.39 is 0 Å². The molecule has 3 N–H and O–H groups in total. The Hall–Kier alpha value is -2.83. The highest BCUT2D eigenvalue weighted by Gasteiger charge is 2.06. The molecule has 2 rings (SSSR count). The molecule has 0 aliphatic rings. The number of hydrazone groups is 1. The zero-order valence-electron chi connectivity index (χ0n) is 11.7. The summed E-state index contributed by atoms with van der Waals surface area (Å²) in [5.74, 6) is -0.486. The number of carbonyl (C=O) groups is 1. The van der Waals surface area contributed by atoms with Crippen molar-refractivity contribution in [1.82, 2.24) is 15.2 Å². The van der Waals surface area contributed by atoms with Crippen LogP contribution in [0, 0.1) is 13.8 Å². The SMILES string of the molecule is Cc1cc(C)n(CC(=O)N/N=C\c2ccc(O)cc2O)n1. The Morgan fingerprint density at radius 3 is 2.76 bits per heavy atom. The fourth-order valence-corrected chi connectivity index (χ4v) is 1.82. The lowest BCUT2D eigenvalue weighted by molar-refractivity contribution is -0.121. The van der Waals surface area contributed by atoms with Gasteiger partial charge in [-0.05, 0) is 32.0 Å². The van der Waals surface area contributed by atoms with Crippen LogP contribution in [0.2, 0.25) is 0 Å². The molecule has 0 spiro atoms. The van der Waals surface area contributed by atoms with E-state index in [1.54, 1.807) is 4.68 Å². The molecule has 7 heteroatoms. The fourth-order valence-electron chi connectivity index (χ4n) is 1.82. The van der Waals surface area contributed by atoms with E-state index in [0.29, 0.717) is 5.56 Å². The maximum Gasteiger partial charge on any atom is 0.261 e. The summed E-state index contributed by atoms with van der Waals surface area (Å²) in [7, 11) is 0. The Bertz CT molecular complexity index is 692. The largest absolute Gasteiger partial charge is 0.508 e. The summed E-state index contributed by atoms with van der Waals surface area (Å²) >= 11 is 0. The highest BCUT2D eigenvalue weighted by Crippen LogP contribution is 2.20. The molecule has 2 aromatic rings. The maximum absolute atomic E-state index is 11.7. The van der Waals surface area contributed by atoms with Crippen LogP contribution < -0.4 is 5.43 Å². The number of phenols is 2. The van der Waals surface area contributed by atoms with Crippen LogP contribution in [0.4, 0.5) is 0 Å². The lowest BCUT2D eigenvalue weighted by Crippen LogP contribution is -2.24. The third-order valence-electron chi connectivity index (χ3n) is 2.80. The molecule has 1 heterocycles. The van der Waals surface area contributed by atoms with Crippen molar-refractivity contribution >= 4 is 12.1 Å². The van der Waals surface area contributed by atoms with Crippen LogP contribution in [0.1, 0.15) is 17.0 Å². The van der Waals surface area contributed by atoms with Gasteiger partial charge in [0.25, 0.3) is 5.91 Å². The Morgan fingerprint density at radius 2 is 2.14 bits per heavy atom. The number of carbonyl (C=O) groups excluding carboxylic acids is 1. The Morgan fingerprint density at radius 1 is 1.38 bits per heavy atom. The number of hydrogen-bond donors (Lipinski definition) is 3. The number of nitrogens with zero attached hydrogens (tertiary/aromatic N) is 3. The summed E-state index contributed by atoms with van der Waals surface area (Å²) in [5, 5.41) is 26.6. The standard InChI is InChI=1S/C14H16N4O3/c1-9-5-10(2)18(17-9)8-14(21)16-15-7-11-3-4-12(19)6-13(11)20/h3-7,19-20H,8H2,1-2H3,(H,16,21)/b15-7-. The first-order valence-electron chi connectivity index (χ1n) is 6.30. The normalized spacial score (nSPS) is 11.0. The van der Waals surface area contributed by atoms with Crippen molar-refractivity contribution in [2.75, 3.05) is 0 Å². The predicted molar refractivity (Wildman–Crippen MR) is 77.2 cm³/mol. The fraction of sp³-hybridized carbons (Fsp3) is 0.214. The van der Waals surface area contributed by atoms with E-state index in [2.05, 4.69) is 15.6 Å². The number of amides is 1. The van der Waals surface area contributed by atoms with E-state index in [-0.39, 0.29) is 24.0 Å². The summed E-state index contributed by atoms with van der Waals surface area (Å²) < 4.78 is 1.58. The van der Waals surface area contributed by atoms with Crippen molar-refractivity contribution in [2.24, 2.45) is 5.10 Å². The average molecular weight is 288 g/mol. The number of nitrogens with one attached hydrogen (secondary N) is 1. The smallest absolute Gasteiger partial charge is 0.261 e. The molecule has 7 nitrogen and oxygen atoms in total. The van der Waals surface area contributed by atoms with Crippen LogP contribution >= 0.6 is 0 Å². The van der Waals surface area contributed by atoms with Gasteiger partial charge in [0.1, 0.15) is 18.0 Å². The van der Waals surface area contributed by atoms with E-state index in [1.165, 1.54) is 24.4 Å². The van der Waals surface area contributed by atoms with Crippen molar-refractivity contribution < 1.29 is 15.0 Å². The lowest BCUT2D eigenvalue weighted by atomic mass is 10.2. The molecule has 1 aromatic heterocycles. The van der Waals surface area contributed by atoms with Crippen molar-refractivity contribution in [2.45, 2.75) is 20.4 Å². The van der Waals surface area contributed by atoms with Gasteiger partial charge in [-0.25, -0.2) is 5.43 Å². The molecule has 0 bridgehead atoms. The van der Waals surface area contributed by atoms with Crippen LogP contribution in [0.15, 0.2) is 29.4 Å². The number of rotatable bonds is 4. The monoisotopic (exact) mass is 288 g/mol. The second-order valence-electron chi connectivity index (χ2n) is 4.62. The molecule has 0 unspecified atom stereocenters. The van der Waals surface area contributed by atoms with E-state index in [0.717, 1.165) is 11.4 Å². The molecule has 0 aliphatic heterocycles. The highest BCUT2D eigenvalue weighted by atomic mass is 16.3. The first kappa shape index (κ1) is 14.6. The van der Waals surface area contributed by atoms with Crippen molar-refractivity contribution in [3.63, 3.8) is 0 Å². The van der Waals surface area contributed by atoms with Crippen LogP contribution in [0.25, 0.3) is 0 Å². The molecule has 0 radical (unpaired) electrons. The first-order valence-corrected chi connectivity index (χ1v) is 6.30. The van der Waals surface area contributed by atoms with Gasteiger partial charge in [-0.1, -0.05) is 0 Å². The number of aromatic hydroxyl groups is 2. The summed E-state index contributed by atoms with van der Waals surface area (Å²) in [6.07, 6.45) is 1.30. The van der Waals surface area contributed by atoms with Crippen LogP contribution in [0.5, 0.6) is 11.5 Å². The molecular weight excluding hydrogens is 272 g/mol. The number of aryl methyl sites for hydroxylation is 2. The van der Waals surface area contributed by atoms with Gasteiger partial charge >= 0.3 is 0 Å². The lowest BCUT2D eigenvalue weighted by Gasteiger charge is -2.03.